The highest BCUT2D eigenvalue weighted by molar-refractivity contribution is 5.65. The highest BCUT2D eigenvalue weighted by Gasteiger charge is 2.17. The fraction of sp³-hybridized carbons (Fsp3) is 0.538. The molecule has 0 radical (unpaired) electrons. The average molecular weight is 262 g/mol. The SMILES string of the molecule is CCCn1nc(C)c(N)c1N(C)Cc1nccn1C. The molecule has 2 aromatic heterocycles. The molecule has 2 heterocycles. The summed E-state index contributed by atoms with van der Waals surface area (Å²) in [5, 5.41) is 4.50. The molecule has 0 aliphatic carbocycles. The van der Waals surface area contributed by atoms with E-state index in [0.29, 0.717) is 6.54 Å². The minimum atomic E-state index is 0.711. The molecule has 0 bridgehead atoms. The van der Waals surface area contributed by atoms with Crippen LogP contribution in [-0.4, -0.2) is 26.4 Å². The lowest BCUT2D eigenvalue weighted by Gasteiger charge is -2.20. The van der Waals surface area contributed by atoms with Gasteiger partial charge in [0.05, 0.1) is 17.9 Å². The maximum Gasteiger partial charge on any atom is 0.150 e. The van der Waals surface area contributed by atoms with E-state index in [2.05, 4.69) is 21.9 Å². The Hall–Kier alpha value is -1.98. The molecule has 0 aromatic carbocycles. The number of nitrogens with two attached hydrogens (primary N) is 1. The number of imidazole rings is 1. The van der Waals surface area contributed by atoms with Crippen molar-refractivity contribution in [2.24, 2.45) is 7.05 Å². The third-order valence-corrected chi connectivity index (χ3v) is 3.24. The molecule has 2 N–H and O–H groups in total. The normalized spacial score (nSPS) is 10.9. The molecule has 104 valence electrons. The van der Waals surface area contributed by atoms with Crippen LogP contribution in [0.25, 0.3) is 0 Å². The van der Waals surface area contributed by atoms with Crippen LogP contribution in [0, 0.1) is 6.92 Å². The van der Waals surface area contributed by atoms with Crippen LogP contribution in [0.5, 0.6) is 0 Å². The summed E-state index contributed by atoms with van der Waals surface area (Å²) in [7, 11) is 4.02. The number of rotatable bonds is 5. The van der Waals surface area contributed by atoms with Gasteiger partial charge in [-0.25, -0.2) is 9.67 Å². The second-order valence-corrected chi connectivity index (χ2v) is 4.86. The summed E-state index contributed by atoms with van der Waals surface area (Å²) >= 11 is 0. The zero-order chi connectivity index (χ0) is 14.0. The lowest BCUT2D eigenvalue weighted by Crippen LogP contribution is -2.23. The number of hydrogen-bond donors (Lipinski definition) is 1. The first-order valence-electron chi connectivity index (χ1n) is 6.54. The van der Waals surface area contributed by atoms with Crippen LogP contribution in [0.2, 0.25) is 0 Å². The van der Waals surface area contributed by atoms with E-state index < -0.39 is 0 Å². The van der Waals surface area contributed by atoms with Gasteiger partial charge >= 0.3 is 0 Å². The molecule has 0 atom stereocenters. The zero-order valence-corrected chi connectivity index (χ0v) is 12.1. The molecule has 2 aromatic rings. The Balaban J connectivity index is 2.27. The third-order valence-electron chi connectivity index (χ3n) is 3.24. The number of nitrogen functional groups attached to an aromatic ring is 1. The average Bonchev–Trinajstić information content (AvgIpc) is 2.86. The number of aryl methyl sites for hydroxylation is 3. The van der Waals surface area contributed by atoms with E-state index >= 15 is 0 Å². The van der Waals surface area contributed by atoms with Crippen LogP contribution in [0.4, 0.5) is 11.5 Å². The number of anilines is 2. The second-order valence-electron chi connectivity index (χ2n) is 4.86. The Bertz CT molecular complexity index is 553. The summed E-state index contributed by atoms with van der Waals surface area (Å²) in [5.41, 5.74) is 7.79. The van der Waals surface area contributed by atoms with Crippen molar-refractivity contribution in [2.45, 2.75) is 33.4 Å². The monoisotopic (exact) mass is 262 g/mol. The van der Waals surface area contributed by atoms with Crippen molar-refractivity contribution in [2.75, 3.05) is 17.7 Å². The van der Waals surface area contributed by atoms with Crippen LogP contribution >= 0.6 is 0 Å². The molecule has 0 aliphatic rings. The van der Waals surface area contributed by atoms with Gasteiger partial charge in [-0.15, -0.1) is 0 Å². The predicted molar refractivity (Wildman–Crippen MR) is 77.0 cm³/mol. The largest absolute Gasteiger partial charge is 0.394 e. The van der Waals surface area contributed by atoms with Gasteiger partial charge < -0.3 is 15.2 Å². The predicted octanol–water partition coefficient (Wildman–Crippen LogP) is 1.55. The summed E-state index contributed by atoms with van der Waals surface area (Å²) in [6, 6.07) is 0. The number of nitrogens with zero attached hydrogens (tertiary/aromatic N) is 5. The second kappa shape index (κ2) is 5.34. The molecule has 0 amide bonds. The number of aromatic nitrogens is 4. The summed E-state index contributed by atoms with van der Waals surface area (Å²) in [4.78, 5) is 6.45. The van der Waals surface area contributed by atoms with E-state index in [4.69, 9.17) is 5.73 Å². The fourth-order valence-electron chi connectivity index (χ4n) is 2.19. The Kier molecular flexibility index (Phi) is 3.78. The van der Waals surface area contributed by atoms with Crippen molar-refractivity contribution < 1.29 is 0 Å². The first-order valence-corrected chi connectivity index (χ1v) is 6.54. The van der Waals surface area contributed by atoms with Gasteiger partial charge in [0.25, 0.3) is 0 Å². The van der Waals surface area contributed by atoms with Crippen molar-refractivity contribution in [1.29, 1.82) is 0 Å². The maximum atomic E-state index is 6.15. The summed E-state index contributed by atoms with van der Waals surface area (Å²) < 4.78 is 3.99. The topological polar surface area (TPSA) is 64.9 Å². The molecule has 0 aliphatic heterocycles. The molecule has 19 heavy (non-hydrogen) atoms. The van der Waals surface area contributed by atoms with E-state index in [1.807, 2.05) is 36.5 Å². The molecule has 0 spiro atoms. The lowest BCUT2D eigenvalue weighted by atomic mass is 10.3. The van der Waals surface area contributed by atoms with Crippen molar-refractivity contribution in [1.82, 2.24) is 19.3 Å². The first kappa shape index (κ1) is 13.5. The first-order chi connectivity index (χ1) is 9.04. The van der Waals surface area contributed by atoms with E-state index in [0.717, 1.165) is 36.0 Å². The van der Waals surface area contributed by atoms with Crippen molar-refractivity contribution in [3.05, 3.63) is 23.9 Å². The van der Waals surface area contributed by atoms with Gasteiger partial charge in [-0.05, 0) is 13.3 Å². The van der Waals surface area contributed by atoms with Crippen LogP contribution in [0.1, 0.15) is 24.9 Å². The van der Waals surface area contributed by atoms with Crippen molar-refractivity contribution in [3.8, 4) is 0 Å². The van der Waals surface area contributed by atoms with Gasteiger partial charge in [-0.3, -0.25) is 0 Å². The van der Waals surface area contributed by atoms with Gasteiger partial charge in [0.15, 0.2) is 5.82 Å². The summed E-state index contributed by atoms with van der Waals surface area (Å²) in [6.45, 7) is 5.66. The zero-order valence-electron chi connectivity index (χ0n) is 12.1. The quantitative estimate of drug-likeness (QED) is 0.888. The van der Waals surface area contributed by atoms with Gasteiger partial charge in [-0.1, -0.05) is 6.92 Å². The Morgan fingerprint density at radius 2 is 2.16 bits per heavy atom. The lowest BCUT2D eigenvalue weighted by molar-refractivity contribution is 0.588. The highest BCUT2D eigenvalue weighted by Crippen LogP contribution is 2.26. The van der Waals surface area contributed by atoms with Gasteiger partial charge in [-0.2, -0.15) is 5.10 Å². The maximum absolute atomic E-state index is 6.15. The van der Waals surface area contributed by atoms with Crippen LogP contribution in [0.3, 0.4) is 0 Å². The number of hydrogen-bond acceptors (Lipinski definition) is 4. The van der Waals surface area contributed by atoms with E-state index in [9.17, 15) is 0 Å². The minimum absolute atomic E-state index is 0.711. The standard InChI is InChI=1S/C13H22N6/c1-5-7-19-13(12(14)10(2)16-19)18(4)9-11-15-6-8-17(11)3/h6,8H,5,7,9,14H2,1-4H3. The fourth-order valence-corrected chi connectivity index (χ4v) is 2.19. The molecular formula is C13H22N6. The van der Waals surface area contributed by atoms with Gasteiger partial charge in [0, 0.05) is 33.0 Å². The van der Waals surface area contributed by atoms with Crippen molar-refractivity contribution >= 4 is 11.5 Å². The van der Waals surface area contributed by atoms with E-state index in [1.165, 1.54) is 0 Å². The van der Waals surface area contributed by atoms with Crippen LogP contribution in [0.15, 0.2) is 12.4 Å². The minimum Gasteiger partial charge on any atom is -0.394 e. The molecule has 2 rings (SSSR count). The molecule has 6 heteroatoms. The Labute approximate surface area is 113 Å². The third kappa shape index (κ3) is 2.57. The summed E-state index contributed by atoms with van der Waals surface area (Å²) in [5.74, 6) is 1.98. The molecule has 0 unspecified atom stereocenters. The van der Waals surface area contributed by atoms with Crippen LogP contribution < -0.4 is 10.6 Å². The van der Waals surface area contributed by atoms with E-state index in [1.54, 1.807) is 6.20 Å². The molecule has 0 saturated carbocycles. The smallest absolute Gasteiger partial charge is 0.150 e. The molecule has 0 saturated heterocycles. The molecular weight excluding hydrogens is 240 g/mol. The molecule has 6 nitrogen and oxygen atoms in total. The Morgan fingerprint density at radius 1 is 1.42 bits per heavy atom. The van der Waals surface area contributed by atoms with E-state index in [-0.39, 0.29) is 0 Å². The van der Waals surface area contributed by atoms with Crippen molar-refractivity contribution in [3.63, 3.8) is 0 Å². The van der Waals surface area contributed by atoms with Crippen LogP contribution in [-0.2, 0) is 20.1 Å². The van der Waals surface area contributed by atoms with Gasteiger partial charge in [0.1, 0.15) is 5.82 Å². The van der Waals surface area contributed by atoms with Gasteiger partial charge in [0.2, 0.25) is 0 Å². The Morgan fingerprint density at radius 3 is 2.74 bits per heavy atom. The summed E-state index contributed by atoms with van der Waals surface area (Å²) in [6.07, 6.45) is 4.78. The highest BCUT2D eigenvalue weighted by atomic mass is 15.4. The molecule has 0 fully saturated rings.